The summed E-state index contributed by atoms with van der Waals surface area (Å²) in [5.41, 5.74) is 3.34. The lowest BCUT2D eigenvalue weighted by atomic mass is 9.88. The van der Waals surface area contributed by atoms with Gasteiger partial charge >= 0.3 is 0 Å². The first-order valence-electron chi connectivity index (χ1n) is 6.41. The average molecular weight is 342 g/mol. The first-order chi connectivity index (χ1) is 8.61. The van der Waals surface area contributed by atoms with Crippen molar-refractivity contribution in [2.24, 2.45) is 9.81 Å². The van der Waals surface area contributed by atoms with E-state index in [-0.39, 0.29) is 10.2 Å². The van der Waals surface area contributed by atoms with Gasteiger partial charge in [0.15, 0.2) is 0 Å². The van der Waals surface area contributed by atoms with Crippen LogP contribution in [-0.2, 0) is 17.8 Å². The van der Waals surface area contributed by atoms with Crippen LogP contribution in [0.3, 0.4) is 0 Å². The van der Waals surface area contributed by atoms with Crippen LogP contribution in [0.1, 0.15) is 45.7 Å². The number of nitrogens with zero attached hydrogens (tertiary/aromatic N) is 1. The molecule has 0 spiro atoms. The molecule has 0 aromatic heterocycles. The standard InChI is InChI=1S/C15H20BrNOS/c1-14(2,3)19(18)17-13-12-8-11(16)7-6-10(12)9-15(13,4)5/h6-8H,9H2,1-5H3/b17-13-. The highest BCUT2D eigenvalue weighted by atomic mass is 79.9. The Labute approximate surface area is 127 Å². The molecule has 0 amide bonds. The lowest BCUT2D eigenvalue weighted by Gasteiger charge is -2.22. The first-order valence-corrected chi connectivity index (χ1v) is 8.31. The van der Waals surface area contributed by atoms with Gasteiger partial charge in [-0.3, -0.25) is 0 Å². The maximum absolute atomic E-state index is 12.3. The van der Waals surface area contributed by atoms with Crippen LogP contribution in [0.25, 0.3) is 0 Å². The van der Waals surface area contributed by atoms with Crippen LogP contribution in [-0.4, -0.2) is 15.0 Å². The summed E-state index contributed by atoms with van der Waals surface area (Å²) in [6.07, 6.45) is 0.954. The van der Waals surface area contributed by atoms with Crippen molar-refractivity contribution >= 4 is 33.0 Å². The fraction of sp³-hybridized carbons (Fsp3) is 0.533. The van der Waals surface area contributed by atoms with E-state index in [1.807, 2.05) is 20.8 Å². The van der Waals surface area contributed by atoms with E-state index in [9.17, 15) is 4.55 Å². The maximum Gasteiger partial charge on any atom is 0.144 e. The molecule has 19 heavy (non-hydrogen) atoms. The van der Waals surface area contributed by atoms with E-state index < -0.39 is 11.4 Å². The van der Waals surface area contributed by atoms with E-state index in [1.54, 1.807) is 0 Å². The van der Waals surface area contributed by atoms with Crippen molar-refractivity contribution in [1.82, 2.24) is 0 Å². The zero-order valence-corrected chi connectivity index (χ0v) is 14.5. The van der Waals surface area contributed by atoms with Crippen LogP contribution in [0, 0.1) is 5.41 Å². The van der Waals surface area contributed by atoms with Gasteiger partial charge in [0.25, 0.3) is 0 Å². The molecule has 0 bridgehead atoms. The molecule has 0 heterocycles. The third kappa shape index (κ3) is 3.06. The monoisotopic (exact) mass is 341 g/mol. The minimum absolute atomic E-state index is 0.0516. The molecule has 1 aliphatic carbocycles. The molecule has 0 saturated heterocycles. The van der Waals surface area contributed by atoms with Crippen molar-refractivity contribution in [2.45, 2.75) is 45.8 Å². The number of rotatable bonds is 1. The molecule has 0 N–H and O–H groups in total. The summed E-state index contributed by atoms with van der Waals surface area (Å²) in [6.45, 7) is 10.2. The largest absolute Gasteiger partial charge is 0.591 e. The number of fused-ring (bicyclic) bond motifs is 1. The zero-order chi connectivity index (χ0) is 14.4. The number of hydrogen-bond donors (Lipinski definition) is 0. The SMILES string of the molecule is CC1(C)Cc2ccc(Br)cc2/C1=N/[S+]([O-])C(C)(C)C. The quantitative estimate of drug-likeness (QED) is 0.702. The Morgan fingerprint density at radius 3 is 2.53 bits per heavy atom. The smallest absolute Gasteiger partial charge is 0.144 e. The van der Waals surface area contributed by atoms with Gasteiger partial charge < -0.3 is 4.55 Å². The average Bonchev–Trinajstić information content (AvgIpc) is 2.49. The van der Waals surface area contributed by atoms with E-state index in [0.29, 0.717) is 0 Å². The Balaban J connectivity index is 2.50. The van der Waals surface area contributed by atoms with E-state index in [4.69, 9.17) is 0 Å². The molecular weight excluding hydrogens is 322 g/mol. The van der Waals surface area contributed by atoms with E-state index in [2.05, 4.69) is 52.4 Å². The summed E-state index contributed by atoms with van der Waals surface area (Å²) in [6, 6.07) is 6.27. The van der Waals surface area contributed by atoms with Crippen LogP contribution < -0.4 is 0 Å². The van der Waals surface area contributed by atoms with E-state index in [1.165, 1.54) is 5.56 Å². The summed E-state index contributed by atoms with van der Waals surface area (Å²) in [5, 5.41) is 0. The second-order valence-corrected chi connectivity index (χ2v) is 9.48. The topological polar surface area (TPSA) is 35.4 Å². The molecule has 2 rings (SSSR count). The van der Waals surface area contributed by atoms with Gasteiger partial charge in [0.2, 0.25) is 0 Å². The molecular formula is C15H20BrNOS. The summed E-state index contributed by atoms with van der Waals surface area (Å²) < 4.78 is 17.6. The van der Waals surface area contributed by atoms with Crippen LogP contribution in [0.4, 0.5) is 0 Å². The molecule has 1 atom stereocenters. The Bertz CT molecular complexity index is 531. The summed E-state index contributed by atoms with van der Waals surface area (Å²) in [7, 11) is 0. The van der Waals surface area contributed by atoms with Gasteiger partial charge in [-0.2, -0.15) is 0 Å². The van der Waals surface area contributed by atoms with Crippen molar-refractivity contribution in [3.63, 3.8) is 0 Å². The molecule has 104 valence electrons. The van der Waals surface area contributed by atoms with Gasteiger partial charge in [-0.25, -0.2) is 0 Å². The molecule has 0 fully saturated rings. The highest BCUT2D eigenvalue weighted by Crippen LogP contribution is 2.39. The molecule has 1 aromatic carbocycles. The molecule has 0 radical (unpaired) electrons. The minimum atomic E-state index is -1.21. The van der Waals surface area contributed by atoms with Crippen LogP contribution in [0.15, 0.2) is 27.1 Å². The minimum Gasteiger partial charge on any atom is -0.591 e. The first kappa shape index (κ1) is 15.1. The molecule has 2 nitrogen and oxygen atoms in total. The Kier molecular flexibility index (Phi) is 3.89. The fourth-order valence-electron chi connectivity index (χ4n) is 2.24. The molecule has 0 aliphatic heterocycles. The number of halogens is 1. The molecule has 1 unspecified atom stereocenters. The zero-order valence-electron chi connectivity index (χ0n) is 12.1. The van der Waals surface area contributed by atoms with Gasteiger partial charge in [0.05, 0.1) is 0 Å². The molecule has 0 saturated carbocycles. The second kappa shape index (κ2) is 4.90. The Morgan fingerprint density at radius 1 is 1.32 bits per heavy atom. The van der Waals surface area contributed by atoms with Crippen LogP contribution in [0.2, 0.25) is 0 Å². The van der Waals surface area contributed by atoms with Gasteiger partial charge in [0, 0.05) is 15.5 Å². The molecule has 4 heteroatoms. The number of benzene rings is 1. The van der Waals surface area contributed by atoms with E-state index >= 15 is 0 Å². The van der Waals surface area contributed by atoms with Gasteiger partial charge in [-0.1, -0.05) is 40.2 Å². The van der Waals surface area contributed by atoms with Crippen molar-refractivity contribution in [2.75, 3.05) is 0 Å². The Morgan fingerprint density at radius 2 is 1.95 bits per heavy atom. The van der Waals surface area contributed by atoms with Crippen molar-refractivity contribution in [3.8, 4) is 0 Å². The molecule has 1 aliphatic rings. The van der Waals surface area contributed by atoms with Crippen molar-refractivity contribution in [1.29, 1.82) is 0 Å². The van der Waals surface area contributed by atoms with Crippen molar-refractivity contribution in [3.05, 3.63) is 33.8 Å². The molecule has 1 aromatic rings. The number of hydrogen-bond acceptors (Lipinski definition) is 2. The highest BCUT2D eigenvalue weighted by molar-refractivity contribution is 9.10. The Hall–Kier alpha value is -0.320. The lowest BCUT2D eigenvalue weighted by Crippen LogP contribution is -2.29. The lowest BCUT2D eigenvalue weighted by molar-refractivity contribution is 0.536. The van der Waals surface area contributed by atoms with Gasteiger partial charge in [-0.05, 0) is 44.9 Å². The second-order valence-electron chi connectivity index (χ2n) is 6.66. The summed E-state index contributed by atoms with van der Waals surface area (Å²) in [5.74, 6) is 0. The van der Waals surface area contributed by atoms with Crippen LogP contribution >= 0.6 is 15.9 Å². The maximum atomic E-state index is 12.3. The third-order valence-corrected chi connectivity index (χ3v) is 5.19. The van der Waals surface area contributed by atoms with E-state index in [0.717, 1.165) is 22.2 Å². The highest BCUT2D eigenvalue weighted by Gasteiger charge is 2.39. The predicted molar refractivity (Wildman–Crippen MR) is 86.1 cm³/mol. The summed E-state index contributed by atoms with van der Waals surface area (Å²) in [4.78, 5) is 0. The van der Waals surface area contributed by atoms with Crippen molar-refractivity contribution < 1.29 is 4.55 Å². The third-order valence-electron chi connectivity index (χ3n) is 3.30. The van der Waals surface area contributed by atoms with Crippen LogP contribution in [0.5, 0.6) is 0 Å². The summed E-state index contributed by atoms with van der Waals surface area (Å²) >= 11 is 2.29. The predicted octanol–water partition coefficient (Wildman–Crippen LogP) is 4.28. The van der Waals surface area contributed by atoms with Gasteiger partial charge in [-0.15, -0.1) is 0 Å². The van der Waals surface area contributed by atoms with Gasteiger partial charge in [0.1, 0.15) is 21.8 Å². The fourth-order valence-corrected chi connectivity index (χ4v) is 3.39. The normalized spacial score (nSPS) is 21.5.